The van der Waals surface area contributed by atoms with Crippen LogP contribution in [0.2, 0.25) is 0 Å². The quantitative estimate of drug-likeness (QED) is 0.147. The summed E-state index contributed by atoms with van der Waals surface area (Å²) >= 11 is 3.32. The van der Waals surface area contributed by atoms with Gasteiger partial charge in [0, 0.05) is 41.3 Å². The lowest BCUT2D eigenvalue weighted by Crippen LogP contribution is -2.33. The van der Waals surface area contributed by atoms with Crippen molar-refractivity contribution in [2.24, 2.45) is 9.98 Å². The summed E-state index contributed by atoms with van der Waals surface area (Å²) in [6.45, 7) is 4.08. The number of hydrogen-bond donors (Lipinski definition) is 3. The molecule has 19 heteroatoms. The zero-order valence-electron chi connectivity index (χ0n) is 30.8. The van der Waals surface area contributed by atoms with Gasteiger partial charge in [-0.3, -0.25) is 19.7 Å². The number of aromatic amines is 1. The number of nitrogens with zero attached hydrogens (tertiary/aromatic N) is 7. The van der Waals surface area contributed by atoms with Gasteiger partial charge in [0.05, 0.1) is 37.0 Å². The largest absolute Gasteiger partial charge is 0.480 e. The van der Waals surface area contributed by atoms with Crippen molar-refractivity contribution >= 4 is 27.6 Å². The first-order valence-electron chi connectivity index (χ1n) is 17.1. The molecule has 6 aromatic rings. The fourth-order valence-corrected chi connectivity index (χ4v) is 5.79. The SMILES string of the molecule is COc1nc(C2=NC(c3ccc(F)cc3F)CON2)ccc1-n1cnc(C)c1.COc1nc(C2=NC(c3ccc(F)cc3F)CON2)ccc1Br.Cc1cnc[nH]1. The van der Waals surface area contributed by atoms with Crippen molar-refractivity contribution in [3.05, 3.63) is 147 Å². The lowest BCUT2D eigenvalue weighted by atomic mass is 10.1. The second-order valence-corrected chi connectivity index (χ2v) is 13.1. The average molecular weight is 852 g/mol. The molecule has 8 rings (SSSR count). The fourth-order valence-electron chi connectivity index (χ4n) is 5.40. The third-order valence-corrected chi connectivity index (χ3v) is 8.79. The van der Waals surface area contributed by atoms with E-state index >= 15 is 0 Å². The Hall–Kier alpha value is -6.18. The Balaban J connectivity index is 0.000000170. The van der Waals surface area contributed by atoms with Gasteiger partial charge in [-0.05, 0) is 66.2 Å². The first-order chi connectivity index (χ1) is 27.5. The summed E-state index contributed by atoms with van der Waals surface area (Å²) in [7, 11) is 3.02. The van der Waals surface area contributed by atoms with E-state index in [1.165, 1.54) is 38.5 Å². The van der Waals surface area contributed by atoms with Gasteiger partial charge < -0.3 is 19.0 Å². The van der Waals surface area contributed by atoms with Crippen molar-refractivity contribution in [3.8, 4) is 17.4 Å². The Kier molecular flexibility index (Phi) is 13.2. The van der Waals surface area contributed by atoms with Crippen molar-refractivity contribution in [3.63, 3.8) is 0 Å². The zero-order valence-corrected chi connectivity index (χ0v) is 32.4. The Morgan fingerprint density at radius 2 is 1.32 bits per heavy atom. The molecule has 0 bridgehead atoms. The summed E-state index contributed by atoms with van der Waals surface area (Å²) < 4.78 is 67.2. The van der Waals surface area contributed by atoms with Gasteiger partial charge >= 0.3 is 0 Å². The summed E-state index contributed by atoms with van der Waals surface area (Å²) in [4.78, 5) is 39.1. The average Bonchev–Trinajstić information content (AvgIpc) is 3.89. The maximum absolute atomic E-state index is 14.1. The van der Waals surface area contributed by atoms with E-state index < -0.39 is 35.4 Å². The molecule has 2 unspecified atom stereocenters. The molecule has 0 fully saturated rings. The minimum absolute atomic E-state index is 0.107. The number of ether oxygens (including phenoxy) is 2. The summed E-state index contributed by atoms with van der Waals surface area (Å²) in [6, 6.07) is 12.6. The second-order valence-electron chi connectivity index (χ2n) is 12.2. The number of halogens is 5. The van der Waals surface area contributed by atoms with E-state index in [1.807, 2.05) is 26.1 Å². The molecule has 4 aromatic heterocycles. The van der Waals surface area contributed by atoms with Crippen LogP contribution in [0.4, 0.5) is 17.6 Å². The fraction of sp³-hybridized carbons (Fsp3) is 0.211. The molecule has 296 valence electrons. The minimum atomic E-state index is -0.671. The van der Waals surface area contributed by atoms with Crippen LogP contribution in [0.3, 0.4) is 0 Å². The smallest absolute Gasteiger partial charge is 0.238 e. The van der Waals surface area contributed by atoms with E-state index in [4.69, 9.17) is 19.1 Å². The second kappa shape index (κ2) is 18.6. The number of aromatic nitrogens is 6. The van der Waals surface area contributed by atoms with Crippen LogP contribution in [0.5, 0.6) is 11.8 Å². The number of pyridine rings is 2. The molecular weight excluding hydrogens is 816 g/mol. The lowest BCUT2D eigenvalue weighted by molar-refractivity contribution is 0.0613. The first kappa shape index (κ1) is 40.5. The number of nitrogens with one attached hydrogen (secondary N) is 3. The first-order valence-corrected chi connectivity index (χ1v) is 17.9. The summed E-state index contributed by atoms with van der Waals surface area (Å²) in [5.41, 5.74) is 9.49. The molecule has 0 saturated carbocycles. The molecule has 57 heavy (non-hydrogen) atoms. The van der Waals surface area contributed by atoms with Gasteiger partial charge in [0.15, 0.2) is 11.7 Å². The Bertz CT molecular complexity index is 2380. The molecule has 2 aliphatic rings. The zero-order chi connectivity index (χ0) is 40.5. The van der Waals surface area contributed by atoms with Gasteiger partial charge in [0.25, 0.3) is 0 Å². The van der Waals surface area contributed by atoms with E-state index in [1.54, 1.807) is 41.6 Å². The molecule has 0 radical (unpaired) electrons. The van der Waals surface area contributed by atoms with E-state index in [0.717, 1.165) is 23.5 Å². The van der Waals surface area contributed by atoms with E-state index in [2.05, 4.69) is 61.8 Å². The predicted octanol–water partition coefficient (Wildman–Crippen LogP) is 6.76. The number of methoxy groups -OCH3 is 2. The Labute approximate surface area is 332 Å². The number of imidazole rings is 2. The summed E-state index contributed by atoms with van der Waals surface area (Å²) in [6.07, 6.45) is 6.96. The van der Waals surface area contributed by atoms with Crippen LogP contribution in [0.1, 0.15) is 46.0 Å². The molecule has 14 nitrogen and oxygen atoms in total. The number of hydrogen-bond acceptors (Lipinski definition) is 12. The normalized spacial score (nSPS) is 16.0. The molecule has 2 aromatic carbocycles. The van der Waals surface area contributed by atoms with Gasteiger partial charge in [0.2, 0.25) is 11.8 Å². The molecule has 2 aliphatic heterocycles. The van der Waals surface area contributed by atoms with Gasteiger partial charge in [-0.2, -0.15) is 0 Å². The van der Waals surface area contributed by atoms with Crippen LogP contribution in [-0.4, -0.2) is 68.6 Å². The van der Waals surface area contributed by atoms with Crippen molar-refractivity contribution < 1.29 is 36.7 Å². The molecule has 0 amide bonds. The van der Waals surface area contributed by atoms with Crippen molar-refractivity contribution in [2.75, 3.05) is 27.4 Å². The maximum atomic E-state index is 14.1. The van der Waals surface area contributed by atoms with Crippen LogP contribution < -0.4 is 20.4 Å². The number of aryl methyl sites for hydroxylation is 2. The number of rotatable bonds is 7. The highest BCUT2D eigenvalue weighted by Crippen LogP contribution is 2.28. The van der Waals surface area contributed by atoms with Crippen LogP contribution >= 0.6 is 15.9 Å². The number of hydroxylamine groups is 2. The number of amidine groups is 2. The number of aliphatic imine (C=N–C) groups is 2. The van der Waals surface area contributed by atoms with Crippen molar-refractivity contribution in [2.45, 2.75) is 25.9 Å². The van der Waals surface area contributed by atoms with Crippen LogP contribution in [0.15, 0.2) is 100 Å². The maximum Gasteiger partial charge on any atom is 0.238 e. The van der Waals surface area contributed by atoms with Gasteiger partial charge in [-0.1, -0.05) is 12.1 Å². The highest BCUT2D eigenvalue weighted by molar-refractivity contribution is 9.10. The van der Waals surface area contributed by atoms with Gasteiger partial charge in [-0.25, -0.2) is 48.5 Å². The summed E-state index contributed by atoms with van der Waals surface area (Å²) in [5, 5.41) is 0. The molecular formula is C38H35BrF4N10O4. The number of benzene rings is 2. The van der Waals surface area contributed by atoms with E-state index in [0.29, 0.717) is 45.0 Å². The molecule has 0 spiro atoms. The lowest BCUT2D eigenvalue weighted by Gasteiger charge is -2.22. The minimum Gasteiger partial charge on any atom is -0.480 e. The Morgan fingerprint density at radius 3 is 1.77 bits per heavy atom. The van der Waals surface area contributed by atoms with Gasteiger partial charge in [0.1, 0.15) is 65.6 Å². The monoisotopic (exact) mass is 850 g/mol. The molecule has 0 aliphatic carbocycles. The van der Waals surface area contributed by atoms with Crippen molar-refractivity contribution in [1.82, 2.24) is 40.4 Å². The topological polar surface area (TPSA) is 158 Å². The summed E-state index contributed by atoms with van der Waals surface area (Å²) in [5.74, 6) is -1.18. The molecule has 6 heterocycles. The van der Waals surface area contributed by atoms with Crippen LogP contribution in [-0.2, 0) is 9.68 Å². The highest BCUT2D eigenvalue weighted by atomic mass is 79.9. The van der Waals surface area contributed by atoms with E-state index in [9.17, 15) is 17.6 Å². The highest BCUT2D eigenvalue weighted by Gasteiger charge is 2.24. The Morgan fingerprint density at radius 1 is 0.754 bits per heavy atom. The van der Waals surface area contributed by atoms with Crippen LogP contribution in [0, 0.1) is 37.1 Å². The molecule has 2 atom stereocenters. The predicted molar refractivity (Wildman–Crippen MR) is 204 cm³/mol. The van der Waals surface area contributed by atoms with Crippen LogP contribution in [0.25, 0.3) is 5.69 Å². The van der Waals surface area contributed by atoms with E-state index in [-0.39, 0.29) is 24.3 Å². The van der Waals surface area contributed by atoms with Gasteiger partial charge in [-0.15, -0.1) is 0 Å². The molecule has 3 N–H and O–H groups in total. The standard InChI is InChI=1S/C19H17F2N5O2.C15H12BrF2N3O2.C4H6N2/c1-11-8-26(10-22-11)17-6-5-15(24-19(17)27-2)18-23-16(9-28-25-18)13-4-3-12(20)7-14(13)21;1-22-15-10(16)4-5-12(20-15)14-19-13(7-23-21-14)9-3-2-8(17)6-11(9)18;1-4-2-5-3-6-4/h3-8,10,16H,9H2,1-2H3,(H,23,25);2-6,13H,7H2,1H3,(H,19,21);2-3H,1H3,(H,5,6). The third kappa shape index (κ3) is 10.2. The molecule has 0 saturated heterocycles. The third-order valence-electron chi connectivity index (χ3n) is 8.18. The number of H-pyrrole nitrogens is 1. The van der Waals surface area contributed by atoms with Crippen molar-refractivity contribution in [1.29, 1.82) is 0 Å².